The summed E-state index contributed by atoms with van der Waals surface area (Å²) < 4.78 is 2.17. The molecule has 1 unspecified atom stereocenters. The SMILES string of the molecule is CC(CN)c1ccc(-n2ccc3cnccc32)cc1. The Kier molecular flexibility index (Phi) is 3.05. The Hall–Kier alpha value is -2.13. The maximum Gasteiger partial charge on any atom is 0.0559 e. The smallest absolute Gasteiger partial charge is 0.0559 e. The average Bonchev–Trinajstić information content (AvgIpc) is 2.90. The molecule has 0 spiro atoms. The number of aromatic nitrogens is 2. The Bertz CT molecular complexity index is 683. The van der Waals surface area contributed by atoms with E-state index in [0.717, 1.165) is 11.1 Å². The minimum absolute atomic E-state index is 0.402. The normalized spacial score (nSPS) is 12.7. The van der Waals surface area contributed by atoms with Gasteiger partial charge in [0.2, 0.25) is 0 Å². The van der Waals surface area contributed by atoms with E-state index in [1.807, 2.05) is 18.5 Å². The number of rotatable bonds is 3. The molecule has 1 aromatic carbocycles. The van der Waals surface area contributed by atoms with E-state index in [0.29, 0.717) is 12.5 Å². The quantitative estimate of drug-likeness (QED) is 0.777. The van der Waals surface area contributed by atoms with Gasteiger partial charge in [0, 0.05) is 29.7 Å². The van der Waals surface area contributed by atoms with E-state index < -0.39 is 0 Å². The summed E-state index contributed by atoms with van der Waals surface area (Å²) in [6.45, 7) is 2.82. The van der Waals surface area contributed by atoms with Crippen molar-refractivity contribution in [2.45, 2.75) is 12.8 Å². The Labute approximate surface area is 112 Å². The molecular weight excluding hydrogens is 234 g/mol. The standard InChI is InChI=1S/C16H17N3/c1-12(10-17)13-2-4-15(5-3-13)19-9-7-14-11-18-8-6-16(14)19/h2-9,11-12H,10,17H2,1H3. The van der Waals surface area contributed by atoms with Gasteiger partial charge in [-0.2, -0.15) is 0 Å². The van der Waals surface area contributed by atoms with Crippen molar-refractivity contribution in [2.24, 2.45) is 5.73 Å². The molecule has 3 heteroatoms. The Morgan fingerprint density at radius 2 is 1.95 bits per heavy atom. The van der Waals surface area contributed by atoms with Crippen LogP contribution in [-0.2, 0) is 0 Å². The zero-order valence-corrected chi connectivity index (χ0v) is 11.0. The molecule has 3 rings (SSSR count). The lowest BCUT2D eigenvalue weighted by Gasteiger charge is -2.11. The van der Waals surface area contributed by atoms with Crippen LogP contribution in [0.4, 0.5) is 0 Å². The lowest BCUT2D eigenvalue weighted by molar-refractivity contribution is 0.774. The van der Waals surface area contributed by atoms with E-state index in [1.165, 1.54) is 11.1 Å². The van der Waals surface area contributed by atoms with Crippen molar-refractivity contribution in [1.82, 2.24) is 9.55 Å². The van der Waals surface area contributed by atoms with Crippen molar-refractivity contribution >= 4 is 10.9 Å². The summed E-state index contributed by atoms with van der Waals surface area (Å²) in [5.74, 6) is 0.402. The van der Waals surface area contributed by atoms with Gasteiger partial charge in [-0.1, -0.05) is 19.1 Å². The maximum atomic E-state index is 5.70. The fourth-order valence-corrected chi connectivity index (χ4v) is 2.31. The van der Waals surface area contributed by atoms with Crippen LogP contribution in [0.3, 0.4) is 0 Å². The summed E-state index contributed by atoms with van der Waals surface area (Å²) in [6, 6.07) is 12.7. The van der Waals surface area contributed by atoms with Gasteiger partial charge in [-0.3, -0.25) is 4.98 Å². The van der Waals surface area contributed by atoms with Crippen LogP contribution in [0.1, 0.15) is 18.4 Å². The monoisotopic (exact) mass is 251 g/mol. The van der Waals surface area contributed by atoms with Gasteiger partial charge >= 0.3 is 0 Å². The van der Waals surface area contributed by atoms with E-state index in [2.05, 4.69) is 53.0 Å². The maximum absolute atomic E-state index is 5.70. The van der Waals surface area contributed by atoms with E-state index in [1.54, 1.807) is 0 Å². The predicted molar refractivity (Wildman–Crippen MR) is 78.5 cm³/mol. The van der Waals surface area contributed by atoms with Crippen molar-refractivity contribution < 1.29 is 0 Å². The fraction of sp³-hybridized carbons (Fsp3) is 0.188. The highest BCUT2D eigenvalue weighted by Crippen LogP contribution is 2.21. The molecular formula is C16H17N3. The molecule has 0 radical (unpaired) electrons. The van der Waals surface area contributed by atoms with Crippen LogP contribution >= 0.6 is 0 Å². The number of hydrogen-bond acceptors (Lipinski definition) is 2. The van der Waals surface area contributed by atoms with Gasteiger partial charge in [0.05, 0.1) is 5.52 Å². The van der Waals surface area contributed by atoms with Crippen LogP contribution in [0.2, 0.25) is 0 Å². The molecule has 1 atom stereocenters. The summed E-state index contributed by atoms with van der Waals surface area (Å²) >= 11 is 0. The third kappa shape index (κ3) is 2.13. The molecule has 3 nitrogen and oxygen atoms in total. The molecule has 19 heavy (non-hydrogen) atoms. The number of nitrogens with two attached hydrogens (primary N) is 1. The second-order valence-electron chi connectivity index (χ2n) is 4.85. The minimum Gasteiger partial charge on any atom is -0.330 e. The molecule has 2 aromatic heterocycles. The fourth-order valence-electron chi connectivity index (χ4n) is 2.31. The number of benzene rings is 1. The topological polar surface area (TPSA) is 43.8 Å². The highest BCUT2D eigenvalue weighted by molar-refractivity contribution is 5.80. The van der Waals surface area contributed by atoms with Crippen LogP contribution < -0.4 is 5.73 Å². The largest absolute Gasteiger partial charge is 0.330 e. The molecule has 3 aromatic rings. The molecule has 2 heterocycles. The van der Waals surface area contributed by atoms with E-state index in [9.17, 15) is 0 Å². The van der Waals surface area contributed by atoms with Crippen molar-refractivity contribution in [1.29, 1.82) is 0 Å². The van der Waals surface area contributed by atoms with Crippen molar-refractivity contribution in [3.8, 4) is 5.69 Å². The first-order valence-electron chi connectivity index (χ1n) is 6.51. The van der Waals surface area contributed by atoms with Crippen LogP contribution in [0.25, 0.3) is 16.6 Å². The van der Waals surface area contributed by atoms with E-state index >= 15 is 0 Å². The Balaban J connectivity index is 2.02. The van der Waals surface area contributed by atoms with Gasteiger partial charge in [0.15, 0.2) is 0 Å². The second kappa shape index (κ2) is 4.86. The molecule has 0 aliphatic heterocycles. The van der Waals surface area contributed by atoms with Gasteiger partial charge in [-0.25, -0.2) is 0 Å². The van der Waals surface area contributed by atoms with Crippen LogP contribution in [0.15, 0.2) is 55.0 Å². The number of hydrogen-bond donors (Lipinski definition) is 1. The zero-order chi connectivity index (χ0) is 13.2. The third-order valence-corrected chi connectivity index (χ3v) is 3.58. The molecule has 96 valence electrons. The van der Waals surface area contributed by atoms with Crippen LogP contribution in [0, 0.1) is 0 Å². The summed E-state index contributed by atoms with van der Waals surface area (Å²) in [5, 5.41) is 1.15. The number of nitrogens with zero attached hydrogens (tertiary/aromatic N) is 2. The summed E-state index contributed by atoms with van der Waals surface area (Å²) in [6.07, 6.45) is 5.79. The van der Waals surface area contributed by atoms with Crippen LogP contribution in [0.5, 0.6) is 0 Å². The predicted octanol–water partition coefficient (Wildman–Crippen LogP) is 3.09. The van der Waals surface area contributed by atoms with Crippen molar-refractivity contribution in [3.05, 3.63) is 60.6 Å². The van der Waals surface area contributed by atoms with Gasteiger partial charge in [0.25, 0.3) is 0 Å². The van der Waals surface area contributed by atoms with Gasteiger partial charge in [-0.05, 0) is 42.3 Å². The highest BCUT2D eigenvalue weighted by atomic mass is 15.0. The summed E-state index contributed by atoms with van der Waals surface area (Å²) in [7, 11) is 0. The molecule has 2 N–H and O–H groups in total. The van der Waals surface area contributed by atoms with Crippen molar-refractivity contribution in [2.75, 3.05) is 6.54 Å². The number of pyridine rings is 1. The first-order chi connectivity index (χ1) is 9.29. The summed E-state index contributed by atoms with van der Waals surface area (Å²) in [5.41, 5.74) is 9.32. The zero-order valence-electron chi connectivity index (χ0n) is 11.0. The second-order valence-corrected chi connectivity index (χ2v) is 4.85. The van der Waals surface area contributed by atoms with Gasteiger partial charge in [-0.15, -0.1) is 0 Å². The molecule has 0 bridgehead atoms. The van der Waals surface area contributed by atoms with E-state index in [-0.39, 0.29) is 0 Å². The lowest BCUT2D eigenvalue weighted by atomic mass is 10.0. The lowest BCUT2D eigenvalue weighted by Crippen LogP contribution is -2.08. The highest BCUT2D eigenvalue weighted by Gasteiger charge is 2.05. The average molecular weight is 251 g/mol. The minimum atomic E-state index is 0.402. The van der Waals surface area contributed by atoms with E-state index in [4.69, 9.17) is 5.73 Å². The van der Waals surface area contributed by atoms with Gasteiger partial charge in [0.1, 0.15) is 0 Å². The molecule has 0 saturated carbocycles. The van der Waals surface area contributed by atoms with Crippen LogP contribution in [-0.4, -0.2) is 16.1 Å². The van der Waals surface area contributed by atoms with Crippen molar-refractivity contribution in [3.63, 3.8) is 0 Å². The summed E-state index contributed by atoms with van der Waals surface area (Å²) in [4.78, 5) is 4.14. The molecule has 0 saturated heterocycles. The molecule has 0 amide bonds. The first-order valence-corrected chi connectivity index (χ1v) is 6.51. The Morgan fingerprint density at radius 1 is 1.16 bits per heavy atom. The third-order valence-electron chi connectivity index (χ3n) is 3.58. The molecule has 0 aliphatic rings. The Morgan fingerprint density at radius 3 is 2.68 bits per heavy atom. The molecule has 0 fully saturated rings. The van der Waals surface area contributed by atoms with Gasteiger partial charge < -0.3 is 10.3 Å². The molecule has 0 aliphatic carbocycles. The first kappa shape index (κ1) is 11.9. The number of fused-ring (bicyclic) bond motifs is 1.